The van der Waals surface area contributed by atoms with Gasteiger partial charge in [-0.3, -0.25) is 0 Å². The van der Waals surface area contributed by atoms with Crippen LogP contribution in [0.3, 0.4) is 0 Å². The summed E-state index contributed by atoms with van der Waals surface area (Å²) in [5, 5.41) is 0. The van der Waals surface area contributed by atoms with Crippen LogP contribution >= 0.6 is 0 Å². The fraction of sp³-hybridized carbons (Fsp3) is 0.636. The van der Waals surface area contributed by atoms with E-state index in [0.717, 1.165) is 17.8 Å². The average Bonchev–Trinajstić information content (AvgIpc) is 2.61. The highest BCUT2D eigenvalue weighted by Crippen LogP contribution is 2.42. The molecule has 0 saturated heterocycles. The van der Waals surface area contributed by atoms with E-state index in [-0.39, 0.29) is 5.82 Å². The van der Waals surface area contributed by atoms with Gasteiger partial charge in [-0.2, -0.15) is 0 Å². The monoisotopic (exact) mass is 314 g/mol. The van der Waals surface area contributed by atoms with Gasteiger partial charge in [-0.1, -0.05) is 57.2 Å². The van der Waals surface area contributed by atoms with Crippen molar-refractivity contribution in [2.45, 2.75) is 71.1 Å². The smallest absolute Gasteiger partial charge is 0.123 e. The van der Waals surface area contributed by atoms with Gasteiger partial charge < -0.3 is 0 Å². The summed E-state index contributed by atoms with van der Waals surface area (Å²) in [4.78, 5) is 0. The molecule has 0 amide bonds. The highest BCUT2D eigenvalue weighted by Gasteiger charge is 2.28. The van der Waals surface area contributed by atoms with Crippen LogP contribution in [0.4, 0.5) is 4.39 Å². The molecular weight excluding hydrogens is 283 g/mol. The van der Waals surface area contributed by atoms with Crippen LogP contribution in [-0.4, -0.2) is 0 Å². The van der Waals surface area contributed by atoms with E-state index in [2.05, 4.69) is 13.0 Å². The number of unbranched alkanes of at least 4 members (excludes halogenated alkanes) is 1. The number of hydrogen-bond donors (Lipinski definition) is 0. The van der Waals surface area contributed by atoms with Crippen molar-refractivity contribution in [1.29, 1.82) is 0 Å². The molecule has 2 aliphatic rings. The summed E-state index contributed by atoms with van der Waals surface area (Å²) in [7, 11) is 0. The molecular formula is C22H31F. The van der Waals surface area contributed by atoms with Gasteiger partial charge in [0.2, 0.25) is 0 Å². The van der Waals surface area contributed by atoms with Gasteiger partial charge in [-0.25, -0.2) is 4.39 Å². The molecule has 1 aromatic carbocycles. The lowest BCUT2D eigenvalue weighted by Gasteiger charge is -2.35. The van der Waals surface area contributed by atoms with Crippen molar-refractivity contribution in [3.63, 3.8) is 0 Å². The first kappa shape index (κ1) is 16.7. The molecule has 0 heterocycles. The Labute approximate surface area is 141 Å². The summed E-state index contributed by atoms with van der Waals surface area (Å²) in [6.45, 7) is 2.30. The Morgan fingerprint density at radius 3 is 2.30 bits per heavy atom. The Balaban J connectivity index is 1.50. The van der Waals surface area contributed by atoms with Gasteiger partial charge in [0.1, 0.15) is 5.82 Å². The second kappa shape index (κ2) is 8.13. The quantitative estimate of drug-likeness (QED) is 0.548. The van der Waals surface area contributed by atoms with Gasteiger partial charge >= 0.3 is 0 Å². The fourth-order valence-corrected chi connectivity index (χ4v) is 4.65. The first-order valence-electron chi connectivity index (χ1n) is 9.71. The number of allylic oxidation sites excluding steroid dienone is 2. The average molecular weight is 314 g/mol. The van der Waals surface area contributed by atoms with Gasteiger partial charge in [-0.05, 0) is 73.1 Å². The Morgan fingerprint density at radius 1 is 0.957 bits per heavy atom. The van der Waals surface area contributed by atoms with Crippen molar-refractivity contribution < 1.29 is 4.39 Å². The Hall–Kier alpha value is -1.11. The minimum absolute atomic E-state index is 0.136. The zero-order valence-electron chi connectivity index (χ0n) is 14.6. The molecule has 0 radical (unpaired) electrons. The summed E-state index contributed by atoms with van der Waals surface area (Å²) in [5.74, 6) is 2.73. The highest BCUT2D eigenvalue weighted by molar-refractivity contribution is 5.66. The molecule has 1 aromatic rings. The zero-order chi connectivity index (χ0) is 16.1. The molecule has 23 heavy (non-hydrogen) atoms. The zero-order valence-corrected chi connectivity index (χ0v) is 14.6. The van der Waals surface area contributed by atoms with E-state index < -0.39 is 0 Å². The molecule has 0 nitrogen and oxygen atoms in total. The van der Waals surface area contributed by atoms with Crippen LogP contribution in [-0.2, 0) is 0 Å². The van der Waals surface area contributed by atoms with Crippen molar-refractivity contribution in [1.82, 2.24) is 0 Å². The fourth-order valence-electron chi connectivity index (χ4n) is 4.65. The summed E-state index contributed by atoms with van der Waals surface area (Å²) >= 11 is 0. The van der Waals surface area contributed by atoms with E-state index in [4.69, 9.17) is 0 Å². The maximum atomic E-state index is 13.0. The Bertz CT molecular complexity index is 505. The van der Waals surface area contributed by atoms with Gasteiger partial charge in [0, 0.05) is 0 Å². The molecule has 0 bridgehead atoms. The number of rotatable bonds is 5. The van der Waals surface area contributed by atoms with Crippen molar-refractivity contribution >= 4 is 5.57 Å². The van der Waals surface area contributed by atoms with Crippen LogP contribution in [0.25, 0.3) is 5.57 Å². The van der Waals surface area contributed by atoms with Crippen LogP contribution in [0.15, 0.2) is 30.3 Å². The van der Waals surface area contributed by atoms with Crippen molar-refractivity contribution in [2.24, 2.45) is 17.8 Å². The third kappa shape index (κ3) is 4.46. The molecule has 126 valence electrons. The standard InChI is InChI=1S/C22H31F/c1-2-3-4-17-5-7-18(8-6-17)19-9-11-20(12-10-19)21-13-15-22(23)16-14-21/h11,13-19H,2-10,12H2,1H3/t17-,18-,19?. The maximum absolute atomic E-state index is 13.0. The predicted octanol–water partition coefficient (Wildman–Crippen LogP) is 7.01. The van der Waals surface area contributed by atoms with Crippen LogP contribution in [0, 0.1) is 23.6 Å². The normalized spacial score (nSPS) is 28.4. The van der Waals surface area contributed by atoms with Gasteiger partial charge in [-0.15, -0.1) is 0 Å². The second-order valence-electron chi connectivity index (χ2n) is 7.69. The van der Waals surface area contributed by atoms with Crippen LogP contribution in [0.2, 0.25) is 0 Å². The molecule has 2 aliphatic carbocycles. The third-order valence-electron chi connectivity index (χ3n) is 6.19. The number of benzene rings is 1. The van der Waals surface area contributed by atoms with E-state index >= 15 is 0 Å². The predicted molar refractivity (Wildman–Crippen MR) is 96.7 cm³/mol. The van der Waals surface area contributed by atoms with E-state index in [0.29, 0.717) is 0 Å². The lowest BCUT2D eigenvalue weighted by molar-refractivity contribution is 0.188. The highest BCUT2D eigenvalue weighted by atomic mass is 19.1. The number of halogens is 1. The minimum Gasteiger partial charge on any atom is -0.207 e. The minimum atomic E-state index is -0.136. The second-order valence-corrected chi connectivity index (χ2v) is 7.69. The largest absolute Gasteiger partial charge is 0.207 e. The van der Waals surface area contributed by atoms with Crippen LogP contribution in [0.5, 0.6) is 0 Å². The molecule has 1 unspecified atom stereocenters. The first-order chi connectivity index (χ1) is 11.3. The molecule has 0 aromatic heterocycles. The molecule has 1 heteroatoms. The van der Waals surface area contributed by atoms with E-state index in [9.17, 15) is 4.39 Å². The summed E-state index contributed by atoms with van der Waals surface area (Å²) in [6, 6.07) is 7.03. The van der Waals surface area contributed by atoms with Crippen molar-refractivity contribution in [3.8, 4) is 0 Å². The summed E-state index contributed by atoms with van der Waals surface area (Å²) in [6.07, 6.45) is 16.2. The molecule has 1 atom stereocenters. The third-order valence-corrected chi connectivity index (χ3v) is 6.19. The molecule has 1 saturated carbocycles. The SMILES string of the molecule is CCCC[C@H]1CC[C@H](C2CC=C(c3ccc(F)cc3)CC2)CC1. The maximum Gasteiger partial charge on any atom is 0.123 e. The van der Waals surface area contributed by atoms with E-state index in [1.165, 1.54) is 75.3 Å². The van der Waals surface area contributed by atoms with E-state index in [1.54, 1.807) is 12.1 Å². The molecule has 0 spiro atoms. The van der Waals surface area contributed by atoms with Gasteiger partial charge in [0.25, 0.3) is 0 Å². The molecule has 0 N–H and O–H groups in total. The topological polar surface area (TPSA) is 0 Å². The van der Waals surface area contributed by atoms with Crippen LogP contribution < -0.4 is 0 Å². The summed E-state index contributed by atoms with van der Waals surface area (Å²) in [5.41, 5.74) is 2.64. The van der Waals surface area contributed by atoms with Crippen molar-refractivity contribution in [2.75, 3.05) is 0 Å². The van der Waals surface area contributed by atoms with Gasteiger partial charge in [0.05, 0.1) is 0 Å². The molecule has 0 aliphatic heterocycles. The van der Waals surface area contributed by atoms with Gasteiger partial charge in [0.15, 0.2) is 0 Å². The lowest BCUT2D eigenvalue weighted by Crippen LogP contribution is -2.23. The lowest BCUT2D eigenvalue weighted by atomic mass is 9.70. The first-order valence-corrected chi connectivity index (χ1v) is 9.71. The van der Waals surface area contributed by atoms with Crippen molar-refractivity contribution in [3.05, 3.63) is 41.7 Å². The van der Waals surface area contributed by atoms with Crippen LogP contribution in [0.1, 0.15) is 76.7 Å². The Kier molecular flexibility index (Phi) is 5.91. The number of hydrogen-bond acceptors (Lipinski definition) is 0. The molecule has 3 rings (SSSR count). The molecule has 1 fully saturated rings. The summed E-state index contributed by atoms with van der Waals surface area (Å²) < 4.78 is 13.0. The van der Waals surface area contributed by atoms with E-state index in [1.807, 2.05) is 12.1 Å². The Morgan fingerprint density at radius 2 is 1.70 bits per heavy atom.